The number of pyridine rings is 1. The highest BCUT2D eigenvalue weighted by molar-refractivity contribution is 6.04. The maximum absolute atomic E-state index is 14.7. The first kappa shape index (κ1) is 23.4. The molecule has 3 aromatic heterocycles. The van der Waals surface area contributed by atoms with Gasteiger partial charge in [-0.25, -0.2) is 14.4 Å². The largest absolute Gasteiger partial charge is 0.493 e. The normalized spacial score (nSPS) is 14.7. The number of amides is 1. The van der Waals surface area contributed by atoms with E-state index in [2.05, 4.69) is 20.3 Å². The second-order valence-electron chi connectivity index (χ2n) is 10.2. The predicted molar refractivity (Wildman–Crippen MR) is 135 cm³/mol. The second kappa shape index (κ2) is 8.52. The van der Waals surface area contributed by atoms with Crippen molar-refractivity contribution in [3.63, 3.8) is 0 Å². The van der Waals surface area contributed by atoms with Gasteiger partial charge in [0.1, 0.15) is 17.9 Å². The van der Waals surface area contributed by atoms with Gasteiger partial charge in [0.2, 0.25) is 5.95 Å². The lowest BCUT2D eigenvalue weighted by Crippen LogP contribution is -2.42. The van der Waals surface area contributed by atoms with Gasteiger partial charge in [-0.1, -0.05) is 0 Å². The van der Waals surface area contributed by atoms with E-state index in [1.807, 2.05) is 13.0 Å². The molecule has 2 aliphatic heterocycles. The fraction of sp³-hybridized carbons (Fsp3) is 0.333. The summed E-state index contributed by atoms with van der Waals surface area (Å²) in [5.74, 6) is 0.540. The highest BCUT2D eigenvalue weighted by Gasteiger charge is 2.31. The van der Waals surface area contributed by atoms with Crippen LogP contribution in [0.4, 0.5) is 10.3 Å². The quantitative estimate of drug-likeness (QED) is 0.430. The number of fused-ring (bicyclic) bond motifs is 3. The Balaban J connectivity index is 1.46. The predicted octanol–water partition coefficient (Wildman–Crippen LogP) is 3.51. The highest BCUT2D eigenvalue weighted by atomic mass is 19.1. The van der Waals surface area contributed by atoms with E-state index in [9.17, 15) is 14.3 Å². The Kier molecular flexibility index (Phi) is 5.38. The molecule has 0 saturated carbocycles. The van der Waals surface area contributed by atoms with E-state index in [-0.39, 0.29) is 30.5 Å². The van der Waals surface area contributed by atoms with Crippen LogP contribution >= 0.6 is 0 Å². The summed E-state index contributed by atoms with van der Waals surface area (Å²) in [4.78, 5) is 28.9. The minimum absolute atomic E-state index is 0.137. The van der Waals surface area contributed by atoms with Crippen LogP contribution in [0.25, 0.3) is 16.6 Å². The molecule has 1 aromatic carbocycles. The number of rotatable bonds is 5. The molecule has 6 rings (SSSR count). The summed E-state index contributed by atoms with van der Waals surface area (Å²) in [6.07, 6.45) is 5.68. The van der Waals surface area contributed by atoms with Gasteiger partial charge >= 0.3 is 0 Å². The number of nitrogens with one attached hydrogen (secondary N) is 1. The van der Waals surface area contributed by atoms with Crippen LogP contribution in [-0.2, 0) is 19.5 Å². The summed E-state index contributed by atoms with van der Waals surface area (Å²) < 4.78 is 22.0. The van der Waals surface area contributed by atoms with Crippen LogP contribution < -0.4 is 10.1 Å². The Labute approximate surface area is 213 Å². The van der Waals surface area contributed by atoms with Crippen LogP contribution in [0.5, 0.6) is 5.75 Å². The molecule has 1 amide bonds. The minimum atomic E-state index is -1.09. The fourth-order valence-electron chi connectivity index (χ4n) is 5.19. The number of anilines is 1. The van der Waals surface area contributed by atoms with Gasteiger partial charge < -0.3 is 20.1 Å². The number of carbonyl (C=O) groups excluding carboxylic acids is 1. The Morgan fingerprint density at radius 1 is 1.19 bits per heavy atom. The molecule has 0 spiro atoms. The molecule has 10 heteroatoms. The molecular weight excluding hydrogens is 475 g/mol. The Morgan fingerprint density at radius 3 is 2.81 bits per heavy atom. The fourth-order valence-corrected chi connectivity index (χ4v) is 5.19. The van der Waals surface area contributed by atoms with E-state index >= 15 is 0 Å². The Morgan fingerprint density at radius 2 is 2.00 bits per heavy atom. The van der Waals surface area contributed by atoms with Crippen LogP contribution in [0.2, 0.25) is 0 Å². The van der Waals surface area contributed by atoms with Crippen LogP contribution in [-0.4, -0.2) is 54.0 Å². The van der Waals surface area contributed by atoms with Crippen molar-refractivity contribution in [1.82, 2.24) is 24.3 Å². The molecule has 9 nitrogen and oxygen atoms in total. The van der Waals surface area contributed by atoms with Crippen molar-refractivity contribution in [2.45, 2.75) is 45.9 Å². The molecule has 0 bridgehead atoms. The first-order valence-electron chi connectivity index (χ1n) is 12.2. The number of aliphatic hydroxyl groups is 1. The van der Waals surface area contributed by atoms with E-state index < -0.39 is 5.60 Å². The van der Waals surface area contributed by atoms with E-state index in [0.29, 0.717) is 42.4 Å². The van der Waals surface area contributed by atoms with E-state index in [0.717, 1.165) is 27.9 Å². The van der Waals surface area contributed by atoms with Crippen molar-refractivity contribution >= 4 is 17.4 Å². The number of β-amino-alcohol motifs (C(OH)–C–C–N with tert-alkyl or cyclic N) is 1. The van der Waals surface area contributed by atoms with Gasteiger partial charge in [-0.05, 0) is 44.5 Å². The molecule has 37 heavy (non-hydrogen) atoms. The third kappa shape index (κ3) is 4.07. The third-order valence-corrected chi connectivity index (χ3v) is 6.78. The first-order valence-corrected chi connectivity index (χ1v) is 12.2. The van der Waals surface area contributed by atoms with Gasteiger partial charge in [0, 0.05) is 66.4 Å². The molecule has 0 fully saturated rings. The molecule has 2 aliphatic rings. The van der Waals surface area contributed by atoms with Crippen molar-refractivity contribution in [2.75, 3.05) is 18.5 Å². The monoisotopic (exact) mass is 502 g/mol. The number of imidazole rings is 1. The summed E-state index contributed by atoms with van der Waals surface area (Å²) in [5, 5.41) is 13.7. The third-order valence-electron chi connectivity index (χ3n) is 6.78. The second-order valence-corrected chi connectivity index (χ2v) is 10.2. The summed E-state index contributed by atoms with van der Waals surface area (Å²) in [7, 11) is 0. The molecule has 4 aromatic rings. The number of nitrogens with zero attached hydrogens (tertiary/aromatic N) is 5. The van der Waals surface area contributed by atoms with Crippen LogP contribution in [0.15, 0.2) is 36.9 Å². The molecule has 0 saturated heterocycles. The van der Waals surface area contributed by atoms with Crippen LogP contribution in [0.3, 0.4) is 0 Å². The van der Waals surface area contributed by atoms with Crippen molar-refractivity contribution < 1.29 is 19.0 Å². The average Bonchev–Trinajstić information content (AvgIpc) is 3.49. The number of aryl methyl sites for hydroxylation is 1. The topological polar surface area (TPSA) is 105 Å². The SMILES string of the molecule is Cc1cc2c(cn1)-c1cnc(NCc3c(F)ccc4c3CCO4)n3cnc(c13)C(=O)N(CC(C)(C)O)C2. The zero-order valence-electron chi connectivity index (χ0n) is 20.9. The van der Waals surface area contributed by atoms with Gasteiger partial charge in [0.15, 0.2) is 5.69 Å². The van der Waals surface area contributed by atoms with Crippen LogP contribution in [0.1, 0.15) is 46.7 Å². The number of carbonyl (C=O) groups is 1. The lowest BCUT2D eigenvalue weighted by molar-refractivity contribution is 0.0278. The van der Waals surface area contributed by atoms with Crippen molar-refractivity contribution in [3.8, 4) is 16.9 Å². The lowest BCUT2D eigenvalue weighted by atomic mass is 9.98. The van der Waals surface area contributed by atoms with Crippen molar-refractivity contribution in [1.29, 1.82) is 0 Å². The minimum Gasteiger partial charge on any atom is -0.493 e. The van der Waals surface area contributed by atoms with Gasteiger partial charge in [0.05, 0.1) is 17.7 Å². The average molecular weight is 503 g/mol. The lowest BCUT2D eigenvalue weighted by Gasteiger charge is -2.31. The maximum Gasteiger partial charge on any atom is 0.275 e. The molecule has 0 radical (unpaired) electrons. The number of halogens is 1. The Hall–Kier alpha value is -4.05. The smallest absolute Gasteiger partial charge is 0.275 e. The van der Waals surface area contributed by atoms with E-state index in [4.69, 9.17) is 4.74 Å². The summed E-state index contributed by atoms with van der Waals surface area (Å²) in [6.45, 7) is 6.41. The van der Waals surface area contributed by atoms with E-state index in [1.165, 1.54) is 6.07 Å². The summed E-state index contributed by atoms with van der Waals surface area (Å²) in [6, 6.07) is 5.02. The molecular formula is C27H27FN6O3. The molecule has 0 aliphatic carbocycles. The molecule has 5 heterocycles. The van der Waals surface area contributed by atoms with Crippen molar-refractivity contribution in [3.05, 3.63) is 70.8 Å². The van der Waals surface area contributed by atoms with Crippen LogP contribution in [0, 0.1) is 12.7 Å². The van der Waals surface area contributed by atoms with E-state index in [1.54, 1.807) is 47.9 Å². The van der Waals surface area contributed by atoms with Gasteiger partial charge in [-0.15, -0.1) is 0 Å². The summed E-state index contributed by atoms with van der Waals surface area (Å²) in [5.41, 5.74) is 4.45. The number of ether oxygens (including phenoxy) is 1. The maximum atomic E-state index is 14.7. The number of hydrogen-bond donors (Lipinski definition) is 2. The number of aromatic nitrogens is 4. The molecule has 2 N–H and O–H groups in total. The molecule has 0 unspecified atom stereocenters. The summed E-state index contributed by atoms with van der Waals surface area (Å²) >= 11 is 0. The number of benzene rings is 1. The van der Waals surface area contributed by atoms with Crippen molar-refractivity contribution in [2.24, 2.45) is 0 Å². The zero-order chi connectivity index (χ0) is 25.9. The first-order chi connectivity index (χ1) is 17.7. The van der Waals surface area contributed by atoms with Gasteiger partial charge in [-0.2, -0.15) is 0 Å². The standard InChI is InChI=1S/C27H27FN6O3/c1-15-8-16-12-33(13-27(2,3)36)25(35)23-24-20(18(16)9-29-15)11-31-26(34(24)14-32-23)30-10-19-17-6-7-37-22(17)5-4-21(19)28/h4-5,8-9,11,14,36H,6-7,10,12-13H2,1-3H3,(H,30,31). The van der Waals surface area contributed by atoms with Gasteiger partial charge in [-0.3, -0.25) is 14.2 Å². The highest BCUT2D eigenvalue weighted by Crippen LogP contribution is 2.35. The zero-order valence-corrected chi connectivity index (χ0v) is 20.9. The molecule has 0 atom stereocenters. The molecule has 190 valence electrons. The number of hydrogen-bond acceptors (Lipinski definition) is 7. The van der Waals surface area contributed by atoms with Gasteiger partial charge in [0.25, 0.3) is 5.91 Å². The Bertz CT molecular complexity index is 1560.